The normalized spacial score (nSPS) is 12.5. The van der Waals surface area contributed by atoms with E-state index in [1.807, 2.05) is 39.8 Å². The fraction of sp³-hybridized carbons (Fsp3) is 0.533. The van der Waals surface area contributed by atoms with Crippen molar-refractivity contribution in [1.29, 1.82) is 0 Å². The zero-order valence-corrected chi connectivity index (χ0v) is 12.3. The average molecular weight is 265 g/mol. The molecule has 1 unspecified atom stereocenters. The fourth-order valence-corrected chi connectivity index (χ4v) is 2.09. The lowest BCUT2D eigenvalue weighted by Crippen LogP contribution is -2.41. The topological polar surface area (TPSA) is 58.6 Å². The quantitative estimate of drug-likeness (QED) is 0.802. The summed E-state index contributed by atoms with van der Waals surface area (Å²) in [4.78, 5) is 11.6. The van der Waals surface area contributed by atoms with Crippen LogP contribution in [0.5, 0.6) is 5.75 Å². The number of phenols is 1. The van der Waals surface area contributed by atoms with Gasteiger partial charge in [0.25, 0.3) is 0 Å². The van der Waals surface area contributed by atoms with Crippen LogP contribution in [-0.2, 0) is 16.1 Å². The lowest BCUT2D eigenvalue weighted by Gasteiger charge is -2.20. The second-order valence-corrected chi connectivity index (χ2v) is 5.20. The lowest BCUT2D eigenvalue weighted by atomic mass is 10.0. The molecule has 0 saturated heterocycles. The highest BCUT2D eigenvalue weighted by atomic mass is 16.5. The first kappa shape index (κ1) is 15.5. The summed E-state index contributed by atoms with van der Waals surface area (Å²) in [6.45, 7) is 8.25. The van der Waals surface area contributed by atoms with Crippen LogP contribution in [0.3, 0.4) is 0 Å². The van der Waals surface area contributed by atoms with E-state index in [0.29, 0.717) is 12.3 Å². The number of carbonyl (C=O) groups is 1. The van der Waals surface area contributed by atoms with Crippen molar-refractivity contribution in [3.63, 3.8) is 0 Å². The van der Waals surface area contributed by atoms with E-state index in [1.54, 1.807) is 0 Å². The first-order valence-electron chi connectivity index (χ1n) is 6.47. The number of aryl methyl sites for hydroxylation is 2. The molecule has 4 nitrogen and oxygen atoms in total. The van der Waals surface area contributed by atoms with Gasteiger partial charge in [-0.1, -0.05) is 26.0 Å². The Morgan fingerprint density at radius 1 is 1.32 bits per heavy atom. The Morgan fingerprint density at radius 2 is 1.84 bits per heavy atom. The van der Waals surface area contributed by atoms with Crippen molar-refractivity contribution >= 4 is 5.97 Å². The van der Waals surface area contributed by atoms with Crippen LogP contribution in [-0.4, -0.2) is 24.2 Å². The van der Waals surface area contributed by atoms with E-state index in [0.717, 1.165) is 16.7 Å². The van der Waals surface area contributed by atoms with Gasteiger partial charge in [-0.3, -0.25) is 4.79 Å². The van der Waals surface area contributed by atoms with Crippen LogP contribution in [0.2, 0.25) is 0 Å². The van der Waals surface area contributed by atoms with E-state index in [1.165, 1.54) is 7.11 Å². The summed E-state index contributed by atoms with van der Waals surface area (Å²) in [5.74, 6) is 0.242. The van der Waals surface area contributed by atoms with Crippen molar-refractivity contribution in [3.8, 4) is 5.75 Å². The number of methoxy groups -OCH3 is 1. The fourth-order valence-electron chi connectivity index (χ4n) is 2.09. The van der Waals surface area contributed by atoms with E-state index in [9.17, 15) is 9.90 Å². The predicted octanol–water partition coefficient (Wildman–Crippen LogP) is 2.30. The Balaban J connectivity index is 2.77. The van der Waals surface area contributed by atoms with Crippen molar-refractivity contribution in [3.05, 3.63) is 28.8 Å². The molecule has 0 aliphatic rings. The summed E-state index contributed by atoms with van der Waals surface area (Å²) in [6, 6.07) is 3.52. The molecule has 4 heteroatoms. The van der Waals surface area contributed by atoms with Gasteiger partial charge in [0.1, 0.15) is 11.8 Å². The molecule has 0 bridgehead atoms. The van der Waals surface area contributed by atoms with Crippen molar-refractivity contribution in [2.45, 2.75) is 40.3 Å². The summed E-state index contributed by atoms with van der Waals surface area (Å²) >= 11 is 0. The van der Waals surface area contributed by atoms with E-state index in [4.69, 9.17) is 4.74 Å². The summed E-state index contributed by atoms with van der Waals surface area (Å²) in [7, 11) is 1.40. The molecule has 1 rings (SSSR count). The van der Waals surface area contributed by atoms with E-state index in [2.05, 4.69) is 5.32 Å². The SMILES string of the molecule is COC(=O)C(NCc1cc(C)c(O)c(C)c1)C(C)C. The summed E-state index contributed by atoms with van der Waals surface area (Å²) in [5.41, 5.74) is 2.73. The molecule has 0 fully saturated rings. The van der Waals surface area contributed by atoms with Gasteiger partial charge in [0.15, 0.2) is 0 Å². The van der Waals surface area contributed by atoms with Crippen LogP contribution in [0.15, 0.2) is 12.1 Å². The third-order valence-electron chi connectivity index (χ3n) is 3.20. The first-order chi connectivity index (χ1) is 8.86. The van der Waals surface area contributed by atoms with Gasteiger partial charge < -0.3 is 15.2 Å². The molecule has 0 spiro atoms. The highest BCUT2D eigenvalue weighted by Crippen LogP contribution is 2.23. The van der Waals surface area contributed by atoms with E-state index in [-0.39, 0.29) is 17.9 Å². The number of hydrogen-bond donors (Lipinski definition) is 2. The van der Waals surface area contributed by atoms with Gasteiger partial charge >= 0.3 is 5.97 Å². The molecule has 0 saturated carbocycles. The molecule has 0 aromatic heterocycles. The number of aromatic hydroxyl groups is 1. The molecule has 0 radical (unpaired) electrons. The molecule has 0 heterocycles. The molecular formula is C15H23NO3. The molecule has 1 aromatic rings. The maximum absolute atomic E-state index is 11.6. The van der Waals surface area contributed by atoms with Crippen molar-refractivity contribution in [2.24, 2.45) is 5.92 Å². The van der Waals surface area contributed by atoms with E-state index >= 15 is 0 Å². The molecule has 106 valence electrons. The Morgan fingerprint density at radius 3 is 2.26 bits per heavy atom. The number of rotatable bonds is 5. The van der Waals surface area contributed by atoms with Crippen LogP contribution >= 0.6 is 0 Å². The van der Waals surface area contributed by atoms with Gasteiger partial charge in [0.2, 0.25) is 0 Å². The first-order valence-corrected chi connectivity index (χ1v) is 6.47. The third-order valence-corrected chi connectivity index (χ3v) is 3.20. The van der Waals surface area contributed by atoms with Crippen molar-refractivity contribution in [2.75, 3.05) is 7.11 Å². The number of benzene rings is 1. The van der Waals surface area contributed by atoms with Crippen LogP contribution < -0.4 is 5.32 Å². The average Bonchev–Trinajstić information content (AvgIpc) is 2.35. The van der Waals surface area contributed by atoms with Crippen molar-refractivity contribution in [1.82, 2.24) is 5.32 Å². The number of carbonyl (C=O) groups excluding carboxylic acids is 1. The number of esters is 1. The zero-order chi connectivity index (χ0) is 14.6. The minimum Gasteiger partial charge on any atom is -0.507 e. The van der Waals surface area contributed by atoms with Gasteiger partial charge in [-0.05, 0) is 36.5 Å². The van der Waals surface area contributed by atoms with Crippen LogP contribution in [0.4, 0.5) is 0 Å². The molecule has 0 aliphatic heterocycles. The number of nitrogens with one attached hydrogen (secondary N) is 1. The Kier molecular flexibility index (Phi) is 5.36. The Labute approximate surface area is 114 Å². The largest absolute Gasteiger partial charge is 0.507 e. The van der Waals surface area contributed by atoms with Crippen LogP contribution in [0.1, 0.15) is 30.5 Å². The number of ether oxygens (including phenoxy) is 1. The molecule has 1 aromatic carbocycles. The smallest absolute Gasteiger partial charge is 0.323 e. The molecule has 0 aliphatic carbocycles. The Hall–Kier alpha value is -1.55. The molecule has 0 amide bonds. The van der Waals surface area contributed by atoms with Gasteiger partial charge in [0, 0.05) is 6.54 Å². The lowest BCUT2D eigenvalue weighted by molar-refractivity contribution is -0.144. The van der Waals surface area contributed by atoms with E-state index < -0.39 is 0 Å². The standard InChI is InChI=1S/C15H23NO3/c1-9(2)13(15(18)19-5)16-8-12-6-10(3)14(17)11(4)7-12/h6-7,9,13,16-17H,8H2,1-5H3. The zero-order valence-electron chi connectivity index (χ0n) is 12.3. The summed E-state index contributed by atoms with van der Waals surface area (Å²) in [6.07, 6.45) is 0. The number of phenolic OH excluding ortho intramolecular Hbond substituents is 1. The predicted molar refractivity (Wildman–Crippen MR) is 75.1 cm³/mol. The maximum atomic E-state index is 11.6. The molecule has 2 N–H and O–H groups in total. The van der Waals surface area contributed by atoms with Crippen molar-refractivity contribution < 1.29 is 14.6 Å². The highest BCUT2D eigenvalue weighted by Gasteiger charge is 2.22. The minimum absolute atomic E-state index is 0.159. The third kappa shape index (κ3) is 3.96. The molecular weight excluding hydrogens is 242 g/mol. The Bertz CT molecular complexity index is 432. The highest BCUT2D eigenvalue weighted by molar-refractivity contribution is 5.75. The van der Waals surface area contributed by atoms with Gasteiger partial charge in [0.05, 0.1) is 7.11 Å². The summed E-state index contributed by atoms with van der Waals surface area (Å²) in [5, 5.41) is 12.9. The maximum Gasteiger partial charge on any atom is 0.323 e. The summed E-state index contributed by atoms with van der Waals surface area (Å²) < 4.78 is 4.79. The second kappa shape index (κ2) is 6.57. The molecule has 19 heavy (non-hydrogen) atoms. The molecule has 1 atom stereocenters. The van der Waals surface area contributed by atoms with Gasteiger partial charge in [-0.2, -0.15) is 0 Å². The number of hydrogen-bond acceptors (Lipinski definition) is 4. The monoisotopic (exact) mass is 265 g/mol. The second-order valence-electron chi connectivity index (χ2n) is 5.20. The van der Waals surface area contributed by atoms with Crippen LogP contribution in [0.25, 0.3) is 0 Å². The minimum atomic E-state index is -0.320. The van der Waals surface area contributed by atoms with Gasteiger partial charge in [-0.25, -0.2) is 0 Å². The van der Waals surface area contributed by atoms with Gasteiger partial charge in [-0.15, -0.1) is 0 Å². The van der Waals surface area contributed by atoms with Crippen LogP contribution in [0, 0.1) is 19.8 Å².